The maximum absolute atomic E-state index is 11.8. The zero-order chi connectivity index (χ0) is 12.9. The Labute approximate surface area is 95.4 Å². The van der Waals surface area contributed by atoms with Gasteiger partial charge in [-0.3, -0.25) is 0 Å². The Hall–Kier alpha value is -1.50. The molecule has 0 radical (unpaired) electrons. The summed E-state index contributed by atoms with van der Waals surface area (Å²) in [7, 11) is 0. The lowest BCUT2D eigenvalue weighted by molar-refractivity contribution is -0.135. The lowest BCUT2D eigenvalue weighted by Crippen LogP contribution is -2.18. The van der Waals surface area contributed by atoms with Gasteiger partial charge in [0.15, 0.2) is 0 Å². The van der Waals surface area contributed by atoms with Gasteiger partial charge in [-0.25, -0.2) is 4.79 Å². The van der Waals surface area contributed by atoms with Gasteiger partial charge in [0.05, 0.1) is 12.8 Å². The SMILES string of the molecule is O=C(O)c1ccoc1CNCCCC(F)(F)F. The summed E-state index contributed by atoms with van der Waals surface area (Å²) in [5, 5.41) is 11.4. The molecule has 0 unspecified atom stereocenters. The summed E-state index contributed by atoms with van der Waals surface area (Å²) in [6, 6.07) is 1.30. The highest BCUT2D eigenvalue weighted by Gasteiger charge is 2.25. The van der Waals surface area contributed by atoms with Crippen molar-refractivity contribution in [1.82, 2.24) is 5.32 Å². The number of carbonyl (C=O) groups is 1. The Morgan fingerprint density at radius 2 is 2.18 bits per heavy atom. The van der Waals surface area contributed by atoms with E-state index in [4.69, 9.17) is 9.52 Å². The van der Waals surface area contributed by atoms with Gasteiger partial charge in [-0.1, -0.05) is 0 Å². The van der Waals surface area contributed by atoms with Crippen LogP contribution in [0.5, 0.6) is 0 Å². The predicted molar refractivity (Wildman–Crippen MR) is 52.7 cm³/mol. The third-order valence-electron chi connectivity index (χ3n) is 2.08. The molecule has 0 amide bonds. The highest BCUT2D eigenvalue weighted by Crippen LogP contribution is 2.20. The van der Waals surface area contributed by atoms with Crippen LogP contribution in [0.4, 0.5) is 13.2 Å². The number of hydrogen-bond acceptors (Lipinski definition) is 3. The predicted octanol–water partition coefficient (Wildman–Crippen LogP) is 2.41. The Morgan fingerprint density at radius 1 is 1.47 bits per heavy atom. The van der Waals surface area contributed by atoms with Gasteiger partial charge in [-0.2, -0.15) is 13.2 Å². The monoisotopic (exact) mass is 251 g/mol. The second kappa shape index (κ2) is 5.72. The summed E-state index contributed by atoms with van der Waals surface area (Å²) in [5.41, 5.74) is 0.0216. The first-order valence-corrected chi connectivity index (χ1v) is 4.97. The molecule has 0 aliphatic heterocycles. The molecule has 0 aliphatic carbocycles. The quantitative estimate of drug-likeness (QED) is 0.762. The number of rotatable bonds is 6. The van der Waals surface area contributed by atoms with Crippen molar-refractivity contribution < 1.29 is 27.5 Å². The van der Waals surface area contributed by atoms with Gasteiger partial charge in [-0.15, -0.1) is 0 Å². The van der Waals surface area contributed by atoms with Gasteiger partial charge in [0.2, 0.25) is 0 Å². The fourth-order valence-electron chi connectivity index (χ4n) is 1.28. The van der Waals surface area contributed by atoms with Crippen molar-refractivity contribution in [3.05, 3.63) is 23.7 Å². The molecular formula is C10H12F3NO3. The van der Waals surface area contributed by atoms with Crippen molar-refractivity contribution in [3.8, 4) is 0 Å². The number of hydrogen-bond donors (Lipinski definition) is 2. The second-order valence-corrected chi connectivity index (χ2v) is 3.46. The molecule has 1 aromatic rings. The molecule has 0 aromatic carbocycles. The number of carboxylic acids is 1. The summed E-state index contributed by atoms with van der Waals surface area (Å²) in [6.45, 7) is 0.256. The molecule has 0 saturated carbocycles. The number of halogens is 3. The number of carboxylic acid groups (broad SMARTS) is 1. The fraction of sp³-hybridized carbons (Fsp3) is 0.500. The summed E-state index contributed by atoms with van der Waals surface area (Å²) in [4.78, 5) is 10.7. The average Bonchev–Trinajstić information content (AvgIpc) is 2.63. The lowest BCUT2D eigenvalue weighted by atomic mass is 10.2. The van der Waals surface area contributed by atoms with Gasteiger partial charge in [0.1, 0.15) is 11.3 Å². The van der Waals surface area contributed by atoms with Gasteiger partial charge in [-0.05, 0) is 19.0 Å². The van der Waals surface area contributed by atoms with Crippen LogP contribution >= 0.6 is 0 Å². The molecule has 96 valence electrons. The van der Waals surface area contributed by atoms with Crippen LogP contribution in [0.1, 0.15) is 29.0 Å². The number of aromatic carboxylic acids is 1. The molecule has 2 N–H and O–H groups in total. The molecule has 0 bridgehead atoms. The molecule has 1 heterocycles. The number of alkyl halides is 3. The highest BCUT2D eigenvalue weighted by atomic mass is 19.4. The van der Waals surface area contributed by atoms with Crippen LogP contribution < -0.4 is 5.32 Å². The topological polar surface area (TPSA) is 62.5 Å². The smallest absolute Gasteiger partial charge is 0.389 e. The minimum atomic E-state index is -4.15. The van der Waals surface area contributed by atoms with E-state index in [9.17, 15) is 18.0 Å². The van der Waals surface area contributed by atoms with E-state index in [1.54, 1.807) is 0 Å². The van der Waals surface area contributed by atoms with E-state index in [1.807, 2.05) is 0 Å². The molecule has 0 fully saturated rings. The minimum absolute atomic E-state index is 0.0216. The Kier molecular flexibility index (Phi) is 4.56. The first-order valence-electron chi connectivity index (χ1n) is 4.97. The molecule has 7 heteroatoms. The summed E-state index contributed by atoms with van der Waals surface area (Å²) >= 11 is 0. The van der Waals surface area contributed by atoms with Crippen LogP contribution in [-0.4, -0.2) is 23.8 Å². The van der Waals surface area contributed by atoms with Crippen LogP contribution in [0, 0.1) is 0 Å². The highest BCUT2D eigenvalue weighted by molar-refractivity contribution is 5.88. The van der Waals surface area contributed by atoms with E-state index in [0.29, 0.717) is 0 Å². The normalized spacial score (nSPS) is 11.7. The van der Waals surface area contributed by atoms with Crippen molar-refractivity contribution in [2.75, 3.05) is 6.54 Å². The van der Waals surface area contributed by atoms with Crippen LogP contribution in [0.3, 0.4) is 0 Å². The number of nitrogens with one attached hydrogen (secondary N) is 1. The van der Waals surface area contributed by atoms with Crippen LogP contribution in [0.2, 0.25) is 0 Å². The van der Waals surface area contributed by atoms with Crippen LogP contribution in [0.15, 0.2) is 16.7 Å². The van der Waals surface area contributed by atoms with Crippen molar-refractivity contribution in [2.24, 2.45) is 0 Å². The first-order chi connectivity index (χ1) is 7.90. The third-order valence-corrected chi connectivity index (χ3v) is 2.08. The van der Waals surface area contributed by atoms with Crippen molar-refractivity contribution >= 4 is 5.97 Å². The van der Waals surface area contributed by atoms with Crippen molar-refractivity contribution in [2.45, 2.75) is 25.6 Å². The molecule has 0 aliphatic rings. The third kappa shape index (κ3) is 4.90. The van der Waals surface area contributed by atoms with Crippen molar-refractivity contribution in [1.29, 1.82) is 0 Å². The summed E-state index contributed by atoms with van der Waals surface area (Å²) in [5.74, 6) is -0.907. The van der Waals surface area contributed by atoms with Gasteiger partial charge in [0, 0.05) is 6.42 Å². The van der Waals surface area contributed by atoms with Crippen LogP contribution in [0.25, 0.3) is 0 Å². The lowest BCUT2D eigenvalue weighted by Gasteiger charge is -2.06. The zero-order valence-corrected chi connectivity index (χ0v) is 8.88. The molecule has 4 nitrogen and oxygen atoms in total. The van der Waals surface area contributed by atoms with Crippen molar-refractivity contribution in [3.63, 3.8) is 0 Å². The maximum Gasteiger partial charge on any atom is 0.389 e. The van der Waals surface area contributed by atoms with E-state index >= 15 is 0 Å². The molecule has 1 aromatic heterocycles. The molecule has 0 spiro atoms. The average molecular weight is 251 g/mol. The Bertz CT molecular complexity index is 373. The van der Waals surface area contributed by atoms with E-state index in [-0.39, 0.29) is 30.8 Å². The maximum atomic E-state index is 11.8. The van der Waals surface area contributed by atoms with E-state index in [0.717, 1.165) is 0 Å². The van der Waals surface area contributed by atoms with Gasteiger partial charge >= 0.3 is 12.1 Å². The second-order valence-electron chi connectivity index (χ2n) is 3.46. The molecule has 1 rings (SSSR count). The van der Waals surface area contributed by atoms with Gasteiger partial charge < -0.3 is 14.8 Å². The largest absolute Gasteiger partial charge is 0.478 e. The van der Waals surface area contributed by atoms with Crippen LogP contribution in [-0.2, 0) is 6.54 Å². The van der Waals surface area contributed by atoms with Gasteiger partial charge in [0.25, 0.3) is 0 Å². The number of furan rings is 1. The zero-order valence-electron chi connectivity index (χ0n) is 8.88. The molecule has 0 saturated heterocycles. The molecular weight excluding hydrogens is 239 g/mol. The van der Waals surface area contributed by atoms with E-state index in [2.05, 4.69) is 5.32 Å². The summed E-state index contributed by atoms with van der Waals surface area (Å²) < 4.78 is 40.3. The van der Waals surface area contributed by atoms with E-state index in [1.165, 1.54) is 12.3 Å². The first kappa shape index (κ1) is 13.6. The standard InChI is InChI=1S/C10H12F3NO3/c11-10(12,13)3-1-4-14-6-8-7(9(15)16)2-5-17-8/h2,5,14H,1,3-4,6H2,(H,15,16). The fourth-order valence-corrected chi connectivity index (χ4v) is 1.28. The molecule has 0 atom stereocenters. The summed E-state index contributed by atoms with van der Waals surface area (Å²) in [6.07, 6.45) is -3.83. The Balaban J connectivity index is 2.27. The van der Waals surface area contributed by atoms with E-state index < -0.39 is 18.6 Å². The molecule has 17 heavy (non-hydrogen) atoms. The Morgan fingerprint density at radius 3 is 2.76 bits per heavy atom. The minimum Gasteiger partial charge on any atom is -0.478 e.